The van der Waals surface area contributed by atoms with E-state index >= 15 is 0 Å². The molecule has 0 fully saturated rings. The Morgan fingerprint density at radius 3 is 1.17 bits per heavy atom. The smallest absolute Gasteiger partial charge is 0.339 e. The lowest BCUT2D eigenvalue weighted by molar-refractivity contribution is -0.0182. The zero-order valence-electron chi connectivity index (χ0n) is 16.3. The largest absolute Gasteiger partial charge is 0.460 e. The van der Waals surface area contributed by atoms with Crippen LogP contribution in [0.5, 0.6) is 0 Å². The third kappa shape index (κ3) is 10.3. The molecule has 0 aromatic carbocycles. The van der Waals surface area contributed by atoms with Crippen LogP contribution in [0.2, 0.25) is 0 Å². The molecule has 29 heavy (non-hydrogen) atoms. The molecule has 0 saturated carbocycles. The van der Waals surface area contributed by atoms with E-state index in [-0.39, 0.29) is 37.6 Å². The quantitative estimate of drug-likeness (QED) is 0.557. The summed E-state index contributed by atoms with van der Waals surface area (Å²) >= 11 is 0. The highest BCUT2D eigenvalue weighted by molar-refractivity contribution is 5.94. The molecule has 0 radical (unpaired) electrons. The fourth-order valence-electron chi connectivity index (χ4n) is 2.20. The number of rotatable bonds is 0. The number of nitrogens with zero attached hydrogens (tertiary/aromatic N) is 1. The highest BCUT2D eigenvalue weighted by Gasteiger charge is 2.13. The van der Waals surface area contributed by atoms with Gasteiger partial charge in [-0.1, -0.05) is 0 Å². The molecular formula is C19H27NO9. The summed E-state index contributed by atoms with van der Waals surface area (Å²) in [6.45, 7) is 4.07. The molecule has 1 aromatic heterocycles. The number of hydrogen-bond acceptors (Lipinski definition) is 10. The molecule has 0 aliphatic carbocycles. The molecule has 2 heterocycles. The van der Waals surface area contributed by atoms with Crippen molar-refractivity contribution in [3.05, 3.63) is 29.6 Å². The number of pyridine rings is 1. The zero-order valence-corrected chi connectivity index (χ0v) is 16.3. The van der Waals surface area contributed by atoms with Crippen molar-refractivity contribution in [1.82, 2.24) is 4.98 Å². The summed E-state index contributed by atoms with van der Waals surface area (Å²) in [6.07, 6.45) is 2.64. The van der Waals surface area contributed by atoms with E-state index in [1.165, 1.54) is 18.5 Å². The summed E-state index contributed by atoms with van der Waals surface area (Å²) < 4.78 is 37.0. The number of ether oxygens (including phenoxy) is 7. The van der Waals surface area contributed by atoms with E-state index in [0.29, 0.717) is 52.9 Å². The molecule has 10 heteroatoms. The normalized spacial score (nSPS) is 20.1. The Bertz CT molecular complexity index is 564. The first-order valence-electron chi connectivity index (χ1n) is 9.45. The molecule has 162 valence electrons. The molecule has 0 amide bonds. The van der Waals surface area contributed by atoms with Crippen LogP contribution in [0.15, 0.2) is 18.5 Å². The summed E-state index contributed by atoms with van der Waals surface area (Å²) in [5, 5.41) is 0. The molecule has 2 rings (SSSR count). The summed E-state index contributed by atoms with van der Waals surface area (Å²) in [5.41, 5.74) is 0.316. The molecule has 0 spiro atoms. The Morgan fingerprint density at radius 1 is 0.517 bits per heavy atom. The van der Waals surface area contributed by atoms with E-state index in [0.717, 1.165) is 0 Å². The van der Waals surface area contributed by atoms with Crippen molar-refractivity contribution in [3.8, 4) is 0 Å². The fourth-order valence-corrected chi connectivity index (χ4v) is 2.20. The van der Waals surface area contributed by atoms with E-state index < -0.39 is 11.9 Å². The topological polar surface area (TPSA) is 112 Å². The van der Waals surface area contributed by atoms with Gasteiger partial charge in [-0.3, -0.25) is 4.98 Å². The van der Waals surface area contributed by atoms with Gasteiger partial charge in [-0.2, -0.15) is 0 Å². The fraction of sp³-hybridized carbons (Fsp3) is 0.632. The number of hydrogen-bond donors (Lipinski definition) is 0. The highest BCUT2D eigenvalue weighted by Crippen LogP contribution is 2.06. The molecule has 1 aliphatic rings. The summed E-state index contributed by atoms with van der Waals surface area (Å²) in [5.74, 6) is -1.19. The van der Waals surface area contributed by atoms with Crippen molar-refractivity contribution in [2.45, 2.75) is 0 Å². The van der Waals surface area contributed by atoms with Crippen LogP contribution in [0.3, 0.4) is 0 Å². The minimum absolute atomic E-state index is 0.0773. The number of carbonyl (C=O) groups excluding carboxylic acids is 2. The van der Waals surface area contributed by atoms with Gasteiger partial charge in [0.25, 0.3) is 0 Å². The second-order valence-corrected chi connectivity index (χ2v) is 5.80. The van der Waals surface area contributed by atoms with Crippen molar-refractivity contribution < 1.29 is 42.7 Å². The number of aromatic nitrogens is 1. The second kappa shape index (κ2) is 14.8. The lowest BCUT2D eigenvalue weighted by Gasteiger charge is -2.09. The Morgan fingerprint density at radius 2 is 0.828 bits per heavy atom. The molecule has 10 nitrogen and oxygen atoms in total. The van der Waals surface area contributed by atoms with Crippen LogP contribution in [-0.2, 0) is 33.2 Å². The number of fused-ring (bicyclic) bond motifs is 2. The van der Waals surface area contributed by atoms with Crippen molar-refractivity contribution in [1.29, 1.82) is 0 Å². The maximum Gasteiger partial charge on any atom is 0.339 e. The monoisotopic (exact) mass is 413 g/mol. The van der Waals surface area contributed by atoms with Crippen molar-refractivity contribution in [2.75, 3.05) is 79.3 Å². The Kier molecular flexibility index (Phi) is 11.8. The third-order valence-corrected chi connectivity index (χ3v) is 3.62. The van der Waals surface area contributed by atoms with Crippen LogP contribution in [0.25, 0.3) is 0 Å². The summed E-state index contributed by atoms with van der Waals surface area (Å²) in [7, 11) is 0. The first-order chi connectivity index (χ1) is 14.3. The predicted octanol–water partition coefficient (Wildman–Crippen LogP) is 0.492. The van der Waals surface area contributed by atoms with Gasteiger partial charge in [0.15, 0.2) is 0 Å². The van der Waals surface area contributed by atoms with Gasteiger partial charge in [-0.15, -0.1) is 0 Å². The van der Waals surface area contributed by atoms with Gasteiger partial charge in [0, 0.05) is 12.4 Å². The molecule has 0 atom stereocenters. The molecular weight excluding hydrogens is 386 g/mol. The van der Waals surface area contributed by atoms with Gasteiger partial charge in [0.2, 0.25) is 0 Å². The van der Waals surface area contributed by atoms with E-state index in [1.54, 1.807) is 0 Å². The molecule has 0 N–H and O–H groups in total. The number of carbonyl (C=O) groups is 2. The van der Waals surface area contributed by atoms with Crippen molar-refractivity contribution in [2.24, 2.45) is 0 Å². The van der Waals surface area contributed by atoms with Gasteiger partial charge in [-0.05, 0) is 6.07 Å². The lowest BCUT2D eigenvalue weighted by atomic mass is 10.2. The Hall–Kier alpha value is -2.11. The maximum atomic E-state index is 12.1. The standard InChI is InChI=1S/C19H27NO9/c21-18-16-13-17(15-20-14-16)19(22)29-12-10-27-8-6-25-4-2-23-1-3-24-5-7-26-9-11-28-18/h13-15H,1-12H2. The zero-order chi connectivity index (χ0) is 20.6. The average Bonchev–Trinajstić information content (AvgIpc) is 2.74. The van der Waals surface area contributed by atoms with E-state index in [4.69, 9.17) is 33.2 Å². The maximum absolute atomic E-state index is 12.1. The van der Waals surface area contributed by atoms with Crippen molar-refractivity contribution in [3.63, 3.8) is 0 Å². The van der Waals surface area contributed by atoms with E-state index in [9.17, 15) is 9.59 Å². The second-order valence-electron chi connectivity index (χ2n) is 5.80. The Labute approximate surface area is 169 Å². The van der Waals surface area contributed by atoms with E-state index in [1.807, 2.05) is 0 Å². The van der Waals surface area contributed by atoms with Crippen LogP contribution in [0.1, 0.15) is 20.7 Å². The number of cyclic esters (lactones) is 2. The van der Waals surface area contributed by atoms with Crippen molar-refractivity contribution >= 4 is 11.9 Å². The van der Waals surface area contributed by atoms with Crippen LogP contribution >= 0.6 is 0 Å². The SMILES string of the molecule is O=C1OCCOCCOCCOCCOCCOCCOC(=O)c2cncc1c2. The Balaban J connectivity index is 1.80. The van der Waals surface area contributed by atoms with Gasteiger partial charge < -0.3 is 33.2 Å². The lowest BCUT2D eigenvalue weighted by Crippen LogP contribution is -2.17. The molecule has 1 aromatic rings. The van der Waals surface area contributed by atoms with Gasteiger partial charge >= 0.3 is 11.9 Å². The first-order valence-corrected chi connectivity index (χ1v) is 9.45. The van der Waals surface area contributed by atoms with E-state index in [2.05, 4.69) is 4.98 Å². The molecule has 0 unspecified atom stereocenters. The summed E-state index contributed by atoms with van der Waals surface area (Å²) in [4.78, 5) is 28.0. The van der Waals surface area contributed by atoms with Gasteiger partial charge in [0.05, 0.1) is 77.2 Å². The average molecular weight is 413 g/mol. The first kappa shape index (κ1) is 23.2. The molecule has 1 aliphatic heterocycles. The van der Waals surface area contributed by atoms with Crippen LogP contribution < -0.4 is 0 Å². The predicted molar refractivity (Wildman–Crippen MR) is 98.9 cm³/mol. The van der Waals surface area contributed by atoms with Crippen LogP contribution in [0, 0.1) is 0 Å². The van der Waals surface area contributed by atoms with Crippen LogP contribution in [-0.4, -0.2) is 96.2 Å². The van der Waals surface area contributed by atoms with Gasteiger partial charge in [0.1, 0.15) is 13.2 Å². The number of esters is 2. The minimum Gasteiger partial charge on any atom is -0.460 e. The van der Waals surface area contributed by atoms with Crippen LogP contribution in [0.4, 0.5) is 0 Å². The summed E-state index contributed by atoms with van der Waals surface area (Å²) in [6, 6.07) is 1.38. The highest BCUT2D eigenvalue weighted by atomic mass is 16.6. The third-order valence-electron chi connectivity index (χ3n) is 3.62. The molecule has 2 bridgehead atoms. The van der Waals surface area contributed by atoms with Gasteiger partial charge in [-0.25, -0.2) is 9.59 Å². The molecule has 0 saturated heterocycles. The minimum atomic E-state index is -0.595.